The summed E-state index contributed by atoms with van der Waals surface area (Å²) in [5.74, 6) is 1.45. The molecule has 0 spiro atoms. The number of hydrogen-bond acceptors (Lipinski definition) is 5. The molecular weight excluding hydrogens is 480 g/mol. The van der Waals surface area contributed by atoms with Crippen molar-refractivity contribution in [1.82, 2.24) is 20.9 Å². The SMILES string of the molecule is COC(=O)NCCO[C@@H](c1cccc(Cl)c1)[C@@H]1CCCN(C(=O)NC2CNCCC2C2CCCC2)C1. The van der Waals surface area contributed by atoms with Crippen LogP contribution in [0.2, 0.25) is 5.02 Å². The second-order valence-corrected chi connectivity index (χ2v) is 10.8. The fourth-order valence-electron chi connectivity index (χ4n) is 6.28. The van der Waals surface area contributed by atoms with Crippen LogP contribution in [0.5, 0.6) is 0 Å². The van der Waals surface area contributed by atoms with Crippen LogP contribution in [0.4, 0.5) is 9.59 Å². The molecule has 2 unspecified atom stereocenters. The maximum Gasteiger partial charge on any atom is 0.406 e. The predicted molar refractivity (Wildman–Crippen MR) is 140 cm³/mol. The molecule has 0 aromatic heterocycles. The number of nitrogens with one attached hydrogen (secondary N) is 3. The minimum absolute atomic E-state index is 0.0357. The highest BCUT2D eigenvalue weighted by Crippen LogP contribution is 2.37. The summed E-state index contributed by atoms with van der Waals surface area (Å²) in [4.78, 5) is 26.8. The maximum atomic E-state index is 13.4. The van der Waals surface area contributed by atoms with Gasteiger partial charge in [0.05, 0.1) is 19.8 Å². The molecule has 2 saturated heterocycles. The summed E-state index contributed by atoms with van der Waals surface area (Å²) in [5, 5.41) is 10.2. The number of likely N-dealkylation sites (tertiary alicyclic amines) is 1. The molecule has 2 heterocycles. The molecule has 1 aromatic rings. The zero-order valence-electron chi connectivity index (χ0n) is 21.3. The van der Waals surface area contributed by atoms with Crippen LogP contribution in [0.25, 0.3) is 0 Å². The van der Waals surface area contributed by atoms with Crippen LogP contribution in [-0.4, -0.2) is 69.5 Å². The van der Waals surface area contributed by atoms with Crippen LogP contribution in [-0.2, 0) is 9.47 Å². The van der Waals surface area contributed by atoms with Gasteiger partial charge >= 0.3 is 12.1 Å². The standard InChI is InChI=1S/C27H41ClN4O4/c1-35-27(34)30-13-15-36-25(20-8-4-10-22(28)16-20)21-9-5-14-32(18-21)26(33)31-24-17-29-12-11-23(24)19-6-2-3-7-19/h4,8,10,16,19,21,23-25,29H,2-3,5-7,9,11-15,17-18H2,1H3,(H,30,34)(H,31,33)/t21-,23?,24?,25+/m1/s1. The third-order valence-corrected chi connectivity index (χ3v) is 8.29. The van der Waals surface area contributed by atoms with Crippen LogP contribution < -0.4 is 16.0 Å². The summed E-state index contributed by atoms with van der Waals surface area (Å²) < 4.78 is 10.9. The third kappa shape index (κ3) is 7.26. The van der Waals surface area contributed by atoms with E-state index < -0.39 is 6.09 Å². The Bertz CT molecular complexity index is 866. The molecule has 1 saturated carbocycles. The quantitative estimate of drug-likeness (QED) is 0.443. The average Bonchev–Trinajstić information content (AvgIpc) is 3.44. The number of carbonyl (C=O) groups is 2. The Morgan fingerprint density at radius 1 is 1.19 bits per heavy atom. The number of piperidine rings is 2. The van der Waals surface area contributed by atoms with E-state index in [-0.39, 0.29) is 24.1 Å². The fourth-order valence-corrected chi connectivity index (χ4v) is 6.48. The van der Waals surface area contributed by atoms with Crippen molar-refractivity contribution in [2.24, 2.45) is 17.8 Å². The minimum atomic E-state index is -0.480. The topological polar surface area (TPSA) is 91.9 Å². The van der Waals surface area contributed by atoms with Gasteiger partial charge in [-0.2, -0.15) is 0 Å². The normalized spacial score (nSPS) is 25.8. The van der Waals surface area contributed by atoms with Gasteiger partial charge in [0, 0.05) is 43.2 Å². The number of rotatable bonds is 8. The van der Waals surface area contributed by atoms with Gasteiger partial charge in [0.2, 0.25) is 0 Å². The Hall–Kier alpha value is -2.03. The predicted octanol–water partition coefficient (Wildman–Crippen LogP) is 4.34. The lowest BCUT2D eigenvalue weighted by molar-refractivity contribution is -0.00883. The average molecular weight is 521 g/mol. The number of benzene rings is 1. The lowest BCUT2D eigenvalue weighted by Crippen LogP contribution is -2.57. The number of hydrogen-bond donors (Lipinski definition) is 3. The van der Waals surface area contributed by atoms with E-state index in [4.69, 9.17) is 16.3 Å². The number of ether oxygens (including phenoxy) is 2. The second-order valence-electron chi connectivity index (χ2n) is 10.4. The molecule has 3 amide bonds. The van der Waals surface area contributed by atoms with E-state index in [1.807, 2.05) is 29.2 Å². The molecule has 8 nitrogen and oxygen atoms in total. The van der Waals surface area contributed by atoms with Crippen LogP contribution >= 0.6 is 11.6 Å². The number of urea groups is 1. The second kappa shape index (κ2) is 13.5. The van der Waals surface area contributed by atoms with Crippen LogP contribution in [0, 0.1) is 17.8 Å². The van der Waals surface area contributed by atoms with Crippen molar-refractivity contribution in [2.45, 2.75) is 57.1 Å². The van der Waals surface area contributed by atoms with E-state index in [0.29, 0.717) is 30.6 Å². The first-order valence-corrected chi connectivity index (χ1v) is 13.9. The molecular formula is C27H41ClN4O4. The Balaban J connectivity index is 1.39. The molecule has 200 valence electrons. The molecule has 1 aromatic carbocycles. The van der Waals surface area contributed by atoms with E-state index in [1.165, 1.54) is 32.8 Å². The number of methoxy groups -OCH3 is 1. The van der Waals surface area contributed by atoms with Gasteiger partial charge in [-0.15, -0.1) is 0 Å². The van der Waals surface area contributed by atoms with Crippen molar-refractivity contribution in [2.75, 3.05) is 46.4 Å². The summed E-state index contributed by atoms with van der Waals surface area (Å²) >= 11 is 6.30. The van der Waals surface area contributed by atoms with Crippen LogP contribution in [0.1, 0.15) is 56.6 Å². The molecule has 2 aliphatic heterocycles. The van der Waals surface area contributed by atoms with Crippen molar-refractivity contribution >= 4 is 23.7 Å². The number of amides is 3. The zero-order chi connectivity index (χ0) is 25.3. The Kier molecular flexibility index (Phi) is 10.1. The van der Waals surface area contributed by atoms with Gasteiger partial charge in [0.25, 0.3) is 0 Å². The molecule has 4 rings (SSSR count). The van der Waals surface area contributed by atoms with Gasteiger partial charge in [0.15, 0.2) is 0 Å². The number of carbonyl (C=O) groups excluding carboxylic acids is 2. The molecule has 3 fully saturated rings. The number of halogens is 1. The summed E-state index contributed by atoms with van der Waals surface area (Å²) in [6.07, 6.45) is 7.57. The summed E-state index contributed by atoms with van der Waals surface area (Å²) in [5.41, 5.74) is 0.991. The first-order chi connectivity index (χ1) is 17.5. The van der Waals surface area contributed by atoms with Crippen molar-refractivity contribution < 1.29 is 19.1 Å². The Morgan fingerprint density at radius 3 is 2.81 bits per heavy atom. The molecule has 3 N–H and O–H groups in total. The van der Waals surface area contributed by atoms with Crippen molar-refractivity contribution in [3.63, 3.8) is 0 Å². The van der Waals surface area contributed by atoms with Gasteiger partial charge in [-0.05, 0) is 55.3 Å². The molecule has 0 radical (unpaired) electrons. The van der Waals surface area contributed by atoms with Gasteiger partial charge in [0.1, 0.15) is 0 Å². The van der Waals surface area contributed by atoms with Gasteiger partial charge in [-0.1, -0.05) is 49.4 Å². The fraction of sp³-hybridized carbons (Fsp3) is 0.704. The monoisotopic (exact) mass is 520 g/mol. The van der Waals surface area contributed by atoms with E-state index in [0.717, 1.165) is 50.4 Å². The van der Waals surface area contributed by atoms with Crippen LogP contribution in [0.15, 0.2) is 24.3 Å². The van der Waals surface area contributed by atoms with E-state index >= 15 is 0 Å². The first kappa shape index (κ1) is 27.0. The van der Waals surface area contributed by atoms with Gasteiger partial charge < -0.3 is 30.3 Å². The van der Waals surface area contributed by atoms with Crippen LogP contribution in [0.3, 0.4) is 0 Å². The highest BCUT2D eigenvalue weighted by molar-refractivity contribution is 6.30. The maximum absolute atomic E-state index is 13.4. The van der Waals surface area contributed by atoms with Crippen molar-refractivity contribution in [1.29, 1.82) is 0 Å². The lowest BCUT2D eigenvalue weighted by atomic mass is 9.80. The highest BCUT2D eigenvalue weighted by Gasteiger charge is 2.36. The highest BCUT2D eigenvalue weighted by atomic mass is 35.5. The number of alkyl carbamates (subject to hydrolysis) is 1. The molecule has 36 heavy (non-hydrogen) atoms. The van der Waals surface area contributed by atoms with Crippen molar-refractivity contribution in [3.8, 4) is 0 Å². The third-order valence-electron chi connectivity index (χ3n) is 8.05. The number of nitrogens with zero attached hydrogens (tertiary/aromatic N) is 1. The summed E-state index contributed by atoms with van der Waals surface area (Å²) in [6.45, 7) is 3.96. The zero-order valence-corrected chi connectivity index (χ0v) is 22.1. The van der Waals surface area contributed by atoms with Gasteiger partial charge in [-0.3, -0.25) is 0 Å². The molecule has 0 bridgehead atoms. The van der Waals surface area contributed by atoms with E-state index in [9.17, 15) is 9.59 Å². The lowest BCUT2D eigenvalue weighted by Gasteiger charge is -2.40. The summed E-state index contributed by atoms with van der Waals surface area (Å²) in [6, 6.07) is 7.95. The van der Waals surface area contributed by atoms with Gasteiger partial charge in [-0.25, -0.2) is 9.59 Å². The molecule has 1 aliphatic carbocycles. The molecule has 4 atom stereocenters. The summed E-state index contributed by atoms with van der Waals surface area (Å²) in [7, 11) is 1.34. The Labute approximate surface area is 219 Å². The smallest absolute Gasteiger partial charge is 0.406 e. The van der Waals surface area contributed by atoms with Crippen molar-refractivity contribution in [3.05, 3.63) is 34.9 Å². The van der Waals surface area contributed by atoms with E-state index in [2.05, 4.69) is 20.7 Å². The molecule has 9 heteroatoms. The largest absolute Gasteiger partial charge is 0.453 e. The van der Waals surface area contributed by atoms with E-state index in [1.54, 1.807) is 0 Å². The Morgan fingerprint density at radius 2 is 2.03 bits per heavy atom. The molecule has 3 aliphatic rings. The first-order valence-electron chi connectivity index (χ1n) is 13.5. The minimum Gasteiger partial charge on any atom is -0.453 e.